The summed E-state index contributed by atoms with van der Waals surface area (Å²) in [6, 6.07) is 4.75. The van der Waals surface area contributed by atoms with Crippen molar-refractivity contribution in [1.82, 2.24) is 9.78 Å². The van der Waals surface area contributed by atoms with Gasteiger partial charge in [0, 0.05) is 18.0 Å². The number of nitrogens with zero attached hydrogens (tertiary/aromatic N) is 3. The van der Waals surface area contributed by atoms with Gasteiger partial charge in [0.2, 0.25) is 0 Å². The van der Waals surface area contributed by atoms with Gasteiger partial charge in [-0.1, -0.05) is 0 Å². The van der Waals surface area contributed by atoms with Crippen LogP contribution in [-0.2, 0) is 16.1 Å². The topological polar surface area (TPSA) is 67.9 Å². The molecule has 0 N–H and O–H groups in total. The number of aromatic nitrogens is 2. The van der Waals surface area contributed by atoms with E-state index < -0.39 is 5.82 Å². The number of hydrogen-bond donors (Lipinski definition) is 0. The van der Waals surface area contributed by atoms with Gasteiger partial charge in [-0.2, -0.15) is 10.4 Å². The first-order valence-corrected chi connectivity index (χ1v) is 7.75. The summed E-state index contributed by atoms with van der Waals surface area (Å²) in [7, 11) is 1.42. The zero-order chi connectivity index (χ0) is 16.4. The summed E-state index contributed by atoms with van der Waals surface area (Å²) in [6.45, 7) is 0.697. The van der Waals surface area contributed by atoms with Crippen molar-refractivity contribution in [3.8, 4) is 6.07 Å². The number of esters is 1. The Morgan fingerprint density at radius 3 is 2.83 bits per heavy atom. The maximum atomic E-state index is 13.8. The minimum absolute atomic E-state index is 0.00115. The largest absolute Gasteiger partial charge is 0.469 e. The van der Waals surface area contributed by atoms with Gasteiger partial charge in [-0.05, 0) is 37.7 Å². The third-order valence-corrected chi connectivity index (χ3v) is 4.66. The van der Waals surface area contributed by atoms with Gasteiger partial charge in [0.05, 0.1) is 30.3 Å². The predicted molar refractivity (Wildman–Crippen MR) is 81.9 cm³/mol. The predicted octanol–water partition coefficient (Wildman–Crippen LogP) is 3.03. The summed E-state index contributed by atoms with van der Waals surface area (Å²) in [5.41, 5.74) is 0.743. The van der Waals surface area contributed by atoms with Crippen LogP contribution in [0.4, 0.5) is 4.39 Å². The van der Waals surface area contributed by atoms with Gasteiger partial charge < -0.3 is 4.74 Å². The lowest BCUT2D eigenvalue weighted by atomic mass is 9.82. The van der Waals surface area contributed by atoms with E-state index in [4.69, 9.17) is 10.00 Å². The van der Waals surface area contributed by atoms with Crippen molar-refractivity contribution in [1.29, 1.82) is 5.26 Å². The highest BCUT2D eigenvalue weighted by atomic mass is 19.1. The highest BCUT2D eigenvalue weighted by Crippen LogP contribution is 2.31. The molecular weight excluding hydrogens is 297 g/mol. The average molecular weight is 315 g/mol. The molecule has 1 aromatic heterocycles. The summed E-state index contributed by atoms with van der Waals surface area (Å²) in [6.07, 6.45) is 5.17. The molecule has 0 saturated heterocycles. The van der Waals surface area contributed by atoms with Gasteiger partial charge in [-0.25, -0.2) is 4.39 Å². The quantitative estimate of drug-likeness (QED) is 0.817. The van der Waals surface area contributed by atoms with E-state index >= 15 is 0 Å². The molecule has 1 aromatic carbocycles. The molecule has 0 bridgehead atoms. The zero-order valence-corrected chi connectivity index (χ0v) is 13.0. The fourth-order valence-electron chi connectivity index (χ4n) is 3.32. The van der Waals surface area contributed by atoms with Crippen molar-refractivity contribution in [2.75, 3.05) is 7.11 Å². The van der Waals surface area contributed by atoms with Crippen LogP contribution in [0, 0.1) is 29.0 Å². The number of benzene rings is 1. The molecule has 5 nitrogen and oxygen atoms in total. The van der Waals surface area contributed by atoms with Crippen LogP contribution in [0.25, 0.3) is 10.9 Å². The third-order valence-electron chi connectivity index (χ3n) is 4.66. The summed E-state index contributed by atoms with van der Waals surface area (Å²) < 4.78 is 20.4. The van der Waals surface area contributed by atoms with Crippen molar-refractivity contribution < 1.29 is 13.9 Å². The standard InChI is InChI=1S/C17H18FN3O2/c1-23-17(22)12-4-2-11(3-5-12)10-21-16-7-15(18)13(8-19)6-14(16)9-20-21/h6-7,9,11-12H,2-5,10H2,1H3. The van der Waals surface area contributed by atoms with E-state index in [0.29, 0.717) is 18.0 Å². The highest BCUT2D eigenvalue weighted by Gasteiger charge is 2.27. The van der Waals surface area contributed by atoms with Crippen LogP contribution >= 0.6 is 0 Å². The number of ether oxygens (including phenoxy) is 1. The molecule has 0 spiro atoms. The van der Waals surface area contributed by atoms with Gasteiger partial charge in [-0.3, -0.25) is 9.48 Å². The molecule has 0 radical (unpaired) electrons. The molecule has 1 heterocycles. The van der Waals surface area contributed by atoms with E-state index in [1.54, 1.807) is 10.9 Å². The normalized spacial score (nSPS) is 21.1. The minimum atomic E-state index is -0.517. The van der Waals surface area contributed by atoms with Crippen LogP contribution in [-0.4, -0.2) is 22.9 Å². The van der Waals surface area contributed by atoms with Gasteiger partial charge in [-0.15, -0.1) is 0 Å². The lowest BCUT2D eigenvalue weighted by Gasteiger charge is -2.26. The molecule has 23 heavy (non-hydrogen) atoms. The van der Waals surface area contributed by atoms with Crippen LogP contribution in [0.1, 0.15) is 31.2 Å². The second kappa shape index (κ2) is 6.37. The van der Waals surface area contributed by atoms with Crippen molar-refractivity contribution >= 4 is 16.9 Å². The lowest BCUT2D eigenvalue weighted by molar-refractivity contribution is -0.146. The van der Waals surface area contributed by atoms with E-state index in [1.807, 2.05) is 6.07 Å². The molecule has 1 fully saturated rings. The maximum absolute atomic E-state index is 13.8. The van der Waals surface area contributed by atoms with E-state index in [0.717, 1.165) is 31.1 Å². The Bertz CT molecular complexity index is 770. The van der Waals surface area contributed by atoms with Crippen LogP contribution in [0.2, 0.25) is 0 Å². The van der Waals surface area contributed by atoms with Crippen LogP contribution in [0.3, 0.4) is 0 Å². The zero-order valence-electron chi connectivity index (χ0n) is 13.0. The number of carbonyl (C=O) groups is 1. The molecule has 3 rings (SSSR count). The van der Waals surface area contributed by atoms with Gasteiger partial charge in [0.25, 0.3) is 0 Å². The number of nitriles is 1. The molecule has 120 valence electrons. The van der Waals surface area contributed by atoms with E-state index in [2.05, 4.69) is 5.10 Å². The SMILES string of the molecule is COC(=O)C1CCC(Cn2ncc3cc(C#N)c(F)cc32)CC1. The Labute approximate surface area is 133 Å². The first kappa shape index (κ1) is 15.5. The van der Waals surface area contributed by atoms with Crippen molar-refractivity contribution in [2.45, 2.75) is 32.2 Å². The Kier molecular flexibility index (Phi) is 4.28. The molecule has 0 aliphatic heterocycles. The molecule has 0 amide bonds. The van der Waals surface area contributed by atoms with Crippen LogP contribution < -0.4 is 0 Å². The third kappa shape index (κ3) is 3.04. The molecule has 0 atom stereocenters. The minimum Gasteiger partial charge on any atom is -0.469 e. The molecule has 2 aromatic rings. The number of fused-ring (bicyclic) bond motifs is 1. The fourth-order valence-corrected chi connectivity index (χ4v) is 3.32. The van der Waals surface area contributed by atoms with E-state index in [-0.39, 0.29) is 17.5 Å². The number of carbonyl (C=O) groups excluding carboxylic acids is 1. The van der Waals surface area contributed by atoms with Crippen molar-refractivity contribution in [2.24, 2.45) is 11.8 Å². The maximum Gasteiger partial charge on any atom is 0.308 e. The number of halogens is 1. The van der Waals surface area contributed by atoms with Gasteiger partial charge in [0.15, 0.2) is 0 Å². The molecule has 6 heteroatoms. The summed E-state index contributed by atoms with van der Waals surface area (Å²) >= 11 is 0. The Morgan fingerprint density at radius 1 is 1.43 bits per heavy atom. The number of hydrogen-bond acceptors (Lipinski definition) is 4. The van der Waals surface area contributed by atoms with Crippen LogP contribution in [0.15, 0.2) is 18.3 Å². The highest BCUT2D eigenvalue weighted by molar-refractivity contribution is 5.80. The first-order valence-electron chi connectivity index (χ1n) is 7.75. The van der Waals surface area contributed by atoms with Gasteiger partial charge >= 0.3 is 5.97 Å². The monoisotopic (exact) mass is 315 g/mol. The summed E-state index contributed by atoms with van der Waals surface area (Å²) in [5.74, 6) is -0.228. The van der Waals surface area contributed by atoms with Crippen molar-refractivity contribution in [3.05, 3.63) is 29.7 Å². The summed E-state index contributed by atoms with van der Waals surface area (Å²) in [5, 5.41) is 14.0. The first-order chi connectivity index (χ1) is 11.1. The van der Waals surface area contributed by atoms with E-state index in [9.17, 15) is 9.18 Å². The molecule has 1 aliphatic rings. The van der Waals surface area contributed by atoms with Crippen LogP contribution in [0.5, 0.6) is 0 Å². The Morgan fingerprint density at radius 2 is 2.17 bits per heavy atom. The van der Waals surface area contributed by atoms with Gasteiger partial charge in [0.1, 0.15) is 11.9 Å². The lowest BCUT2D eigenvalue weighted by Crippen LogP contribution is -2.25. The summed E-state index contributed by atoms with van der Waals surface area (Å²) in [4.78, 5) is 11.6. The Balaban J connectivity index is 1.72. The fraction of sp³-hybridized carbons (Fsp3) is 0.471. The van der Waals surface area contributed by atoms with Crippen molar-refractivity contribution in [3.63, 3.8) is 0 Å². The number of rotatable bonds is 3. The van der Waals surface area contributed by atoms with E-state index in [1.165, 1.54) is 19.2 Å². The smallest absolute Gasteiger partial charge is 0.308 e. The molecule has 1 aliphatic carbocycles. The number of methoxy groups -OCH3 is 1. The Hall–Kier alpha value is -2.42. The molecular formula is C17H18FN3O2. The average Bonchev–Trinajstić information content (AvgIpc) is 2.96. The second-order valence-corrected chi connectivity index (χ2v) is 6.07. The molecule has 0 unspecified atom stereocenters. The molecule has 1 saturated carbocycles. The second-order valence-electron chi connectivity index (χ2n) is 6.07.